The highest BCUT2D eigenvalue weighted by Gasteiger charge is 2.26. The molecule has 1 aliphatic carbocycles. The first-order valence-corrected chi connectivity index (χ1v) is 9.84. The van der Waals surface area contributed by atoms with Crippen LogP contribution in [-0.2, 0) is 11.2 Å². The first-order valence-electron chi connectivity index (χ1n) is 9.84. The molecular weight excluding hydrogens is 352 g/mol. The Morgan fingerprint density at radius 3 is 2.75 bits per heavy atom. The molecule has 2 unspecified atom stereocenters. The minimum atomic E-state index is -0.0407. The van der Waals surface area contributed by atoms with Gasteiger partial charge in [0.1, 0.15) is 11.5 Å². The highest BCUT2D eigenvalue weighted by molar-refractivity contribution is 5.78. The van der Waals surface area contributed by atoms with Gasteiger partial charge in [0.25, 0.3) is 0 Å². The number of likely N-dealkylation sites (N-methyl/N-ethyl adjacent to an activating group) is 1. The SMILES string of the molecule is COc1ccc(OC)c(C(C)NCC(=O)N(C)C2CCCc3ccccc32)c1. The minimum absolute atomic E-state index is 0.0407. The van der Waals surface area contributed by atoms with Gasteiger partial charge in [0.05, 0.1) is 26.8 Å². The molecule has 1 N–H and O–H groups in total. The summed E-state index contributed by atoms with van der Waals surface area (Å²) >= 11 is 0. The largest absolute Gasteiger partial charge is 0.497 e. The van der Waals surface area contributed by atoms with Crippen LogP contribution in [0.25, 0.3) is 0 Å². The molecule has 0 aromatic heterocycles. The molecule has 5 heteroatoms. The van der Waals surface area contributed by atoms with Crippen LogP contribution in [0.5, 0.6) is 11.5 Å². The van der Waals surface area contributed by atoms with Gasteiger partial charge in [-0.1, -0.05) is 24.3 Å². The molecule has 0 spiro atoms. The van der Waals surface area contributed by atoms with Crippen molar-refractivity contribution in [2.45, 2.75) is 38.3 Å². The average molecular weight is 383 g/mol. The lowest BCUT2D eigenvalue weighted by molar-refractivity contribution is -0.131. The third-order valence-corrected chi connectivity index (χ3v) is 5.66. The lowest BCUT2D eigenvalue weighted by atomic mass is 9.87. The zero-order valence-electron chi connectivity index (χ0n) is 17.2. The molecule has 5 nitrogen and oxygen atoms in total. The molecule has 0 saturated heterocycles. The maximum absolute atomic E-state index is 12.9. The van der Waals surface area contributed by atoms with Crippen LogP contribution in [0.2, 0.25) is 0 Å². The molecule has 2 atom stereocenters. The van der Waals surface area contributed by atoms with E-state index in [1.54, 1.807) is 14.2 Å². The normalized spacial score (nSPS) is 16.8. The van der Waals surface area contributed by atoms with Gasteiger partial charge in [0.2, 0.25) is 5.91 Å². The van der Waals surface area contributed by atoms with Crippen LogP contribution in [0.1, 0.15) is 48.5 Å². The number of hydrogen-bond acceptors (Lipinski definition) is 4. The Bertz CT molecular complexity index is 821. The van der Waals surface area contributed by atoms with Gasteiger partial charge in [-0.15, -0.1) is 0 Å². The minimum Gasteiger partial charge on any atom is -0.497 e. The number of methoxy groups -OCH3 is 2. The zero-order valence-corrected chi connectivity index (χ0v) is 17.2. The van der Waals surface area contributed by atoms with Gasteiger partial charge in [0, 0.05) is 18.7 Å². The zero-order chi connectivity index (χ0) is 20.1. The molecule has 1 amide bonds. The molecule has 0 bridgehead atoms. The summed E-state index contributed by atoms with van der Waals surface area (Å²) in [6.45, 7) is 2.30. The summed E-state index contributed by atoms with van der Waals surface area (Å²) in [4.78, 5) is 14.8. The fourth-order valence-electron chi connectivity index (χ4n) is 3.96. The maximum atomic E-state index is 12.9. The Balaban J connectivity index is 1.66. The first-order chi connectivity index (χ1) is 13.5. The van der Waals surface area contributed by atoms with Crippen molar-refractivity contribution in [3.05, 3.63) is 59.2 Å². The van der Waals surface area contributed by atoms with E-state index in [4.69, 9.17) is 9.47 Å². The van der Waals surface area contributed by atoms with Crippen LogP contribution in [-0.4, -0.2) is 38.6 Å². The summed E-state index contributed by atoms with van der Waals surface area (Å²) in [5.41, 5.74) is 3.62. The molecule has 28 heavy (non-hydrogen) atoms. The van der Waals surface area contributed by atoms with Crippen LogP contribution in [0.4, 0.5) is 0 Å². The Labute approximate surface area is 167 Å². The lowest BCUT2D eigenvalue weighted by Gasteiger charge is -2.33. The Kier molecular flexibility index (Phi) is 6.57. The Morgan fingerprint density at radius 2 is 2.00 bits per heavy atom. The second-order valence-corrected chi connectivity index (χ2v) is 7.32. The molecule has 2 aromatic rings. The Hall–Kier alpha value is -2.53. The second kappa shape index (κ2) is 9.11. The van der Waals surface area contributed by atoms with Gasteiger partial charge in [-0.2, -0.15) is 0 Å². The fourth-order valence-corrected chi connectivity index (χ4v) is 3.96. The number of hydrogen-bond donors (Lipinski definition) is 1. The van der Waals surface area contributed by atoms with Crippen LogP contribution in [0, 0.1) is 0 Å². The van der Waals surface area contributed by atoms with Gasteiger partial charge >= 0.3 is 0 Å². The average Bonchev–Trinajstić information content (AvgIpc) is 2.75. The number of nitrogens with one attached hydrogen (secondary N) is 1. The quantitative estimate of drug-likeness (QED) is 0.789. The van der Waals surface area contributed by atoms with Crippen molar-refractivity contribution in [1.29, 1.82) is 0 Å². The molecule has 0 fully saturated rings. The molecule has 0 saturated carbocycles. The topological polar surface area (TPSA) is 50.8 Å². The predicted molar refractivity (Wildman–Crippen MR) is 111 cm³/mol. The summed E-state index contributed by atoms with van der Waals surface area (Å²) in [5, 5.41) is 3.34. The summed E-state index contributed by atoms with van der Waals surface area (Å²) in [7, 11) is 5.20. The predicted octanol–water partition coefficient (Wildman–Crippen LogP) is 3.89. The van der Waals surface area contributed by atoms with Crippen LogP contribution >= 0.6 is 0 Å². The number of rotatable bonds is 7. The van der Waals surface area contributed by atoms with E-state index in [1.807, 2.05) is 37.1 Å². The molecule has 2 aromatic carbocycles. The number of aryl methyl sites for hydroxylation is 1. The highest BCUT2D eigenvalue weighted by Crippen LogP contribution is 2.33. The van der Waals surface area contributed by atoms with Gasteiger partial charge in [0.15, 0.2) is 0 Å². The van der Waals surface area contributed by atoms with Crippen molar-refractivity contribution in [2.75, 3.05) is 27.8 Å². The standard InChI is InChI=1S/C23H30N2O3/c1-16(20-14-18(27-3)12-13-22(20)28-4)24-15-23(26)25(2)21-11-7-9-17-8-5-6-10-19(17)21/h5-6,8,10,12-14,16,21,24H,7,9,11,15H2,1-4H3. The molecule has 0 radical (unpaired) electrons. The Morgan fingerprint density at radius 1 is 1.21 bits per heavy atom. The van der Waals surface area contributed by atoms with Crippen molar-refractivity contribution in [2.24, 2.45) is 0 Å². The molecule has 150 valence electrons. The third-order valence-electron chi connectivity index (χ3n) is 5.66. The molecular formula is C23H30N2O3. The van der Waals surface area contributed by atoms with Crippen LogP contribution in [0.3, 0.4) is 0 Å². The van der Waals surface area contributed by atoms with Crippen molar-refractivity contribution in [1.82, 2.24) is 10.2 Å². The van der Waals surface area contributed by atoms with E-state index < -0.39 is 0 Å². The van der Waals surface area contributed by atoms with Gasteiger partial charge < -0.3 is 19.7 Å². The van der Waals surface area contributed by atoms with E-state index in [0.29, 0.717) is 0 Å². The third kappa shape index (κ3) is 4.30. The lowest BCUT2D eigenvalue weighted by Crippen LogP contribution is -2.39. The molecule has 1 aliphatic rings. The monoisotopic (exact) mass is 382 g/mol. The van der Waals surface area contributed by atoms with Gasteiger partial charge in [-0.3, -0.25) is 4.79 Å². The molecule has 3 rings (SSSR count). The van der Waals surface area contributed by atoms with Crippen molar-refractivity contribution >= 4 is 5.91 Å². The number of amides is 1. The van der Waals surface area contributed by atoms with Gasteiger partial charge in [-0.05, 0) is 55.5 Å². The maximum Gasteiger partial charge on any atom is 0.236 e. The van der Waals surface area contributed by atoms with Crippen molar-refractivity contribution in [3.8, 4) is 11.5 Å². The van der Waals surface area contributed by atoms with Crippen molar-refractivity contribution in [3.63, 3.8) is 0 Å². The summed E-state index contributed by atoms with van der Waals surface area (Å²) < 4.78 is 10.8. The summed E-state index contributed by atoms with van der Waals surface area (Å²) in [6, 6.07) is 14.3. The smallest absolute Gasteiger partial charge is 0.236 e. The van der Waals surface area contributed by atoms with E-state index >= 15 is 0 Å². The summed E-state index contributed by atoms with van der Waals surface area (Å²) in [6.07, 6.45) is 3.22. The number of fused-ring (bicyclic) bond motifs is 1. The van der Waals surface area contributed by atoms with Crippen molar-refractivity contribution < 1.29 is 14.3 Å². The molecule has 0 aliphatic heterocycles. The number of nitrogens with zero attached hydrogens (tertiary/aromatic N) is 1. The van der Waals surface area contributed by atoms with E-state index in [1.165, 1.54) is 11.1 Å². The first kappa shape index (κ1) is 20.2. The number of benzene rings is 2. The van der Waals surface area contributed by atoms with E-state index in [9.17, 15) is 4.79 Å². The van der Waals surface area contributed by atoms with E-state index in [2.05, 4.69) is 29.6 Å². The highest BCUT2D eigenvalue weighted by atomic mass is 16.5. The fraction of sp³-hybridized carbons (Fsp3) is 0.435. The number of carbonyl (C=O) groups is 1. The van der Waals surface area contributed by atoms with E-state index in [-0.39, 0.29) is 24.5 Å². The van der Waals surface area contributed by atoms with Crippen LogP contribution in [0.15, 0.2) is 42.5 Å². The summed E-state index contributed by atoms with van der Waals surface area (Å²) in [5.74, 6) is 1.64. The number of ether oxygens (including phenoxy) is 2. The second-order valence-electron chi connectivity index (χ2n) is 7.32. The van der Waals surface area contributed by atoms with E-state index in [0.717, 1.165) is 36.3 Å². The molecule has 0 heterocycles. The number of carbonyl (C=O) groups excluding carboxylic acids is 1. The van der Waals surface area contributed by atoms with Crippen LogP contribution < -0.4 is 14.8 Å². The van der Waals surface area contributed by atoms with Gasteiger partial charge in [-0.25, -0.2) is 0 Å².